The van der Waals surface area contributed by atoms with E-state index in [1.54, 1.807) is 0 Å². The molecule has 0 heterocycles. The topological polar surface area (TPSA) is 36.2 Å². The van der Waals surface area contributed by atoms with E-state index in [1.807, 2.05) is 30.3 Å². The van der Waals surface area contributed by atoms with Crippen LogP contribution in [0.15, 0.2) is 272 Å². The molecule has 2 aliphatic rings. The first-order chi connectivity index (χ1) is 37.4. The lowest BCUT2D eigenvalue weighted by molar-refractivity contribution is 0.662. The van der Waals surface area contributed by atoms with E-state index in [0.29, 0.717) is 0 Å². The van der Waals surface area contributed by atoms with Gasteiger partial charge in [-0.05, 0) is 122 Å². The number of hydrogen-bond donors (Lipinski definition) is 1. The van der Waals surface area contributed by atoms with Gasteiger partial charge in [-0.1, -0.05) is 281 Å². The van der Waals surface area contributed by atoms with Crippen molar-refractivity contribution in [3.63, 3.8) is 0 Å². The van der Waals surface area contributed by atoms with Gasteiger partial charge in [-0.15, -0.1) is 0 Å². The first-order valence-electron chi connectivity index (χ1n) is 26.4. The number of nitrogens with zero attached hydrogens (tertiary/aromatic N) is 1. The molecule has 0 amide bonds. The second-order valence-corrected chi connectivity index (χ2v) is 20.8. The monoisotopic (exact) mass is 968 g/mol. The highest BCUT2D eigenvalue weighted by Crippen LogP contribution is 2.58. The van der Waals surface area contributed by atoms with Crippen molar-refractivity contribution in [2.75, 3.05) is 0 Å². The molecule has 1 N–H and O–H groups in total. The van der Waals surface area contributed by atoms with Crippen LogP contribution in [0, 0.1) is 5.41 Å². The van der Waals surface area contributed by atoms with Gasteiger partial charge in [0, 0.05) is 16.5 Å². The van der Waals surface area contributed by atoms with Crippen LogP contribution >= 0.6 is 0 Å². The largest absolute Gasteiger partial charge is 0.282 e. The summed E-state index contributed by atoms with van der Waals surface area (Å²) in [5.74, 6) is 0.208. The molecule has 12 aromatic rings. The van der Waals surface area contributed by atoms with E-state index >= 15 is 0 Å². The fourth-order valence-electron chi connectivity index (χ4n) is 13.2. The minimum atomic E-state index is -0.570. The summed E-state index contributed by atoms with van der Waals surface area (Å²) >= 11 is 0. The third-order valence-electron chi connectivity index (χ3n) is 16.5. The Balaban J connectivity index is 0.911. The summed E-state index contributed by atoms with van der Waals surface area (Å²) in [4.78, 5) is 5.26. The molecule has 12 aromatic carbocycles. The minimum Gasteiger partial charge on any atom is -0.282 e. The van der Waals surface area contributed by atoms with E-state index in [1.165, 1.54) is 99.3 Å². The molecule has 14 rings (SSSR count). The summed E-state index contributed by atoms with van der Waals surface area (Å²) in [5, 5.41) is 16.8. The summed E-state index contributed by atoms with van der Waals surface area (Å²) in [7, 11) is 0. The molecule has 2 aliphatic carbocycles. The lowest BCUT2D eigenvalue weighted by atomic mass is 9.67. The number of rotatable bonds is 8. The van der Waals surface area contributed by atoms with Gasteiger partial charge >= 0.3 is 0 Å². The summed E-state index contributed by atoms with van der Waals surface area (Å²) in [5.41, 5.74) is 20.3. The normalized spacial score (nSPS) is 13.9. The van der Waals surface area contributed by atoms with Gasteiger partial charge in [0.05, 0.1) is 11.1 Å². The zero-order chi connectivity index (χ0) is 51.0. The van der Waals surface area contributed by atoms with Crippen molar-refractivity contribution in [1.82, 2.24) is 0 Å². The summed E-state index contributed by atoms with van der Waals surface area (Å²) < 4.78 is 0. The molecule has 0 radical (unpaired) electrons. The van der Waals surface area contributed by atoms with Crippen molar-refractivity contribution in [2.24, 2.45) is 4.99 Å². The third kappa shape index (κ3) is 6.87. The van der Waals surface area contributed by atoms with Crippen LogP contribution in [0.5, 0.6) is 0 Å². The van der Waals surface area contributed by atoms with Gasteiger partial charge in [0.25, 0.3) is 0 Å². The lowest BCUT2D eigenvalue weighted by Crippen LogP contribution is -2.28. The predicted molar refractivity (Wildman–Crippen MR) is 320 cm³/mol. The van der Waals surface area contributed by atoms with Gasteiger partial charge in [0.2, 0.25) is 0 Å². The van der Waals surface area contributed by atoms with Crippen molar-refractivity contribution >= 4 is 49.9 Å². The van der Waals surface area contributed by atoms with E-state index in [9.17, 15) is 5.41 Å². The molecule has 0 unspecified atom stereocenters. The minimum absolute atomic E-state index is 0.184. The number of fused-ring (bicyclic) bond motifs is 10. The Bertz CT molecular complexity index is 4330. The summed E-state index contributed by atoms with van der Waals surface area (Å²) in [6.07, 6.45) is 4.33. The van der Waals surface area contributed by atoms with E-state index in [-0.39, 0.29) is 11.3 Å². The Kier molecular flexibility index (Phi) is 10.6. The van der Waals surface area contributed by atoms with Gasteiger partial charge in [-0.3, -0.25) is 5.41 Å². The van der Waals surface area contributed by atoms with Crippen LogP contribution in [0.2, 0.25) is 0 Å². The van der Waals surface area contributed by atoms with E-state index in [4.69, 9.17) is 4.99 Å². The molecular weight excluding hydrogens is 917 g/mol. The predicted octanol–water partition coefficient (Wildman–Crippen LogP) is 18.7. The molecule has 0 aromatic heterocycles. The molecule has 0 atom stereocenters. The number of allylic oxidation sites excluding steroid dienone is 1. The Morgan fingerprint density at radius 3 is 1.59 bits per heavy atom. The van der Waals surface area contributed by atoms with Crippen LogP contribution in [-0.2, 0) is 10.8 Å². The highest BCUT2D eigenvalue weighted by molar-refractivity contribution is 6.22. The number of amidine groups is 1. The van der Waals surface area contributed by atoms with E-state index in [0.717, 1.165) is 33.4 Å². The van der Waals surface area contributed by atoms with Gasteiger partial charge in [0.1, 0.15) is 0 Å². The lowest BCUT2D eigenvalue weighted by Gasteiger charge is -2.33. The second kappa shape index (κ2) is 17.9. The molecule has 2 nitrogen and oxygen atoms in total. The number of benzene rings is 12. The molecule has 0 aliphatic heterocycles. The molecule has 0 fully saturated rings. The molecule has 0 bridgehead atoms. The Labute approximate surface area is 444 Å². The molecule has 2 heteroatoms. The Morgan fingerprint density at radius 2 is 0.895 bits per heavy atom. The van der Waals surface area contributed by atoms with Crippen molar-refractivity contribution < 1.29 is 0 Å². The Hall–Kier alpha value is -9.50. The first kappa shape index (κ1) is 45.1. The number of nitrogens with one attached hydrogen (secondary N) is 1. The van der Waals surface area contributed by atoms with Crippen molar-refractivity contribution in [3.05, 3.63) is 317 Å². The first-order valence-corrected chi connectivity index (χ1v) is 26.4. The van der Waals surface area contributed by atoms with Crippen molar-refractivity contribution in [3.8, 4) is 44.5 Å². The van der Waals surface area contributed by atoms with Gasteiger partial charge in [-0.25, -0.2) is 4.99 Å². The average molecular weight is 969 g/mol. The smallest absolute Gasteiger partial charge is 0.152 e. The molecule has 358 valence electrons. The molecule has 0 spiro atoms. The highest BCUT2D eigenvalue weighted by Gasteiger charge is 2.47. The van der Waals surface area contributed by atoms with E-state index < -0.39 is 5.41 Å². The van der Waals surface area contributed by atoms with Crippen LogP contribution in [-0.4, -0.2) is 11.5 Å². The van der Waals surface area contributed by atoms with Gasteiger partial charge < -0.3 is 0 Å². The van der Waals surface area contributed by atoms with E-state index in [2.05, 4.69) is 257 Å². The Morgan fingerprint density at radius 1 is 0.382 bits per heavy atom. The second-order valence-electron chi connectivity index (χ2n) is 20.8. The molecular formula is C74H52N2. The molecule has 0 saturated heterocycles. The zero-order valence-corrected chi connectivity index (χ0v) is 42.4. The number of aliphatic imine (C=N–C) groups is 1. The maximum absolute atomic E-state index is 9.47. The van der Waals surface area contributed by atoms with Gasteiger partial charge in [-0.2, -0.15) is 0 Å². The maximum atomic E-state index is 9.47. The van der Waals surface area contributed by atoms with Crippen LogP contribution < -0.4 is 0 Å². The number of hydrogen-bond acceptors (Lipinski definition) is 1. The zero-order valence-electron chi connectivity index (χ0n) is 42.4. The van der Waals surface area contributed by atoms with Crippen LogP contribution in [0.25, 0.3) is 82.9 Å². The SMILES string of the molecule is CC1(C)c2ccc3ccccc3c2-c2cccc(-c3ccc(-c4ccc(/C=C/C(=NC(=N)c5ccccc5)c5cccc6c5-c5ccccc5C6(c5ccccc5)c5ccccc5)c5ccccc45)c4ccccc34)c21. The quantitative estimate of drug-likeness (QED) is 0.116. The maximum Gasteiger partial charge on any atom is 0.152 e. The molecule has 0 saturated carbocycles. The van der Waals surface area contributed by atoms with Crippen LogP contribution in [0.1, 0.15) is 63.9 Å². The van der Waals surface area contributed by atoms with Crippen molar-refractivity contribution in [2.45, 2.75) is 24.7 Å². The fraction of sp³-hybridized carbons (Fsp3) is 0.0541. The van der Waals surface area contributed by atoms with Crippen LogP contribution in [0.3, 0.4) is 0 Å². The van der Waals surface area contributed by atoms with Crippen molar-refractivity contribution in [1.29, 1.82) is 5.41 Å². The average Bonchev–Trinajstić information content (AvgIpc) is 4.17. The highest BCUT2D eigenvalue weighted by atomic mass is 14.8. The third-order valence-corrected chi connectivity index (χ3v) is 16.5. The fourth-order valence-corrected chi connectivity index (χ4v) is 13.2. The standard InChI is InChI=1S/C74H52N2/c1-73(2)66-46-41-48-22-12-13-30-54(48)69(66)64-37-20-35-61(71(64)73)60-45-44-59(56-32-16-17-33-57(56)60)58-43-40-49(53-29-14-15-31-55(53)58)42-47-68(76-72(75)50-23-6-3-7-24-50)63-36-21-39-67-70(63)62-34-18-19-38-65(62)74(67,51-25-8-4-9-26-51)52-27-10-5-11-28-52/h3-47,75H,1-2H3/b47-42+,75-72?,76-68?. The van der Waals surface area contributed by atoms with Gasteiger partial charge in [0.15, 0.2) is 5.84 Å². The van der Waals surface area contributed by atoms with Crippen LogP contribution in [0.4, 0.5) is 0 Å². The molecule has 76 heavy (non-hydrogen) atoms. The summed E-state index contributed by atoms with van der Waals surface area (Å²) in [6, 6.07) is 94.5. The summed E-state index contributed by atoms with van der Waals surface area (Å²) in [6.45, 7) is 4.79.